The van der Waals surface area contributed by atoms with Gasteiger partial charge in [-0.15, -0.1) is 0 Å². The van der Waals surface area contributed by atoms with Crippen LogP contribution in [-0.4, -0.2) is 4.98 Å². The van der Waals surface area contributed by atoms with Crippen LogP contribution in [0, 0.1) is 11.7 Å². The molecule has 0 unspecified atom stereocenters. The summed E-state index contributed by atoms with van der Waals surface area (Å²) in [7, 11) is 0. The summed E-state index contributed by atoms with van der Waals surface area (Å²) in [6.07, 6.45) is 2.48. The van der Waals surface area contributed by atoms with E-state index in [4.69, 9.17) is 11.6 Å². The topological polar surface area (TPSA) is 12.9 Å². The van der Waals surface area contributed by atoms with E-state index in [-0.39, 0.29) is 0 Å². The third kappa shape index (κ3) is 0.698. The minimum absolute atomic E-state index is 0.565. The highest BCUT2D eigenvalue weighted by Gasteiger charge is 1.82. The Bertz CT molecular complexity index is 114. The van der Waals surface area contributed by atoms with Crippen LogP contribution in [-0.2, 0) is 0 Å². The third-order valence-electron chi connectivity index (χ3n) is 0.325. The van der Waals surface area contributed by atoms with Gasteiger partial charge in [0, 0.05) is 0 Å². The Balaban J connectivity index is 3.05. The van der Waals surface area contributed by atoms with Crippen LogP contribution in [0.1, 0.15) is 0 Å². The van der Waals surface area contributed by atoms with E-state index >= 15 is 0 Å². The second-order valence-corrected chi connectivity index (χ2v) is 2.09. The second kappa shape index (κ2) is 1.58. The molecule has 6 heavy (non-hydrogen) atoms. The maximum Gasteiger partial charge on any atom is 0.154 e. The summed E-state index contributed by atoms with van der Waals surface area (Å²) in [5.41, 5.74) is 2.53. The van der Waals surface area contributed by atoms with Crippen LogP contribution in [0.5, 0.6) is 0 Å². The van der Waals surface area contributed by atoms with Crippen molar-refractivity contribution in [3.8, 4) is 0 Å². The van der Waals surface area contributed by atoms with Gasteiger partial charge in [-0.05, 0) is 0 Å². The molecule has 1 aromatic heterocycles. The van der Waals surface area contributed by atoms with Gasteiger partial charge in [-0.1, -0.05) is 22.9 Å². The van der Waals surface area contributed by atoms with Crippen molar-refractivity contribution < 1.29 is 0 Å². The summed E-state index contributed by atoms with van der Waals surface area (Å²) >= 11 is 6.58. The van der Waals surface area contributed by atoms with Crippen molar-refractivity contribution in [2.24, 2.45) is 0 Å². The molecule has 0 N–H and O–H groups in total. The number of hydrogen-bond acceptors (Lipinski definition) is 2. The molecule has 0 bridgehead atoms. The molecular weight excluding hydrogens is 118 g/mol. The summed E-state index contributed by atoms with van der Waals surface area (Å²) in [6, 6.07) is 0. The Labute approximate surface area is 44.6 Å². The lowest BCUT2D eigenvalue weighted by atomic mass is 11.0. The van der Waals surface area contributed by atoms with Crippen molar-refractivity contribution in [3.05, 3.63) is 16.0 Å². The molecule has 0 aliphatic heterocycles. The van der Waals surface area contributed by atoms with Crippen LogP contribution < -0.4 is 0 Å². The smallest absolute Gasteiger partial charge is 0.154 e. The molecule has 2 radical (unpaired) electrons. The molecule has 1 rings (SSSR count). The molecule has 0 saturated heterocycles. The third-order valence-corrected chi connectivity index (χ3v) is 1.09. The van der Waals surface area contributed by atoms with Crippen molar-refractivity contribution in [1.82, 2.24) is 4.98 Å². The van der Waals surface area contributed by atoms with Crippen molar-refractivity contribution in [2.45, 2.75) is 0 Å². The fraction of sp³-hybridized carbons (Fsp3) is 0. The van der Waals surface area contributed by atoms with Crippen LogP contribution in [0.25, 0.3) is 0 Å². The summed E-state index contributed by atoms with van der Waals surface area (Å²) in [6.45, 7) is 0. The average Bonchev–Trinajstić information content (AvgIpc) is 1.86. The first-order chi connectivity index (χ1) is 2.89. The molecule has 1 nitrogen and oxygen atoms in total. The molecule has 3 heteroatoms. The van der Waals surface area contributed by atoms with Gasteiger partial charge in [-0.2, -0.15) is 0 Å². The Morgan fingerprint density at radius 3 is 2.83 bits per heavy atom. The van der Waals surface area contributed by atoms with Gasteiger partial charge in [0.05, 0.1) is 0 Å². The number of rotatable bonds is 0. The van der Waals surface area contributed by atoms with Gasteiger partial charge in [0.25, 0.3) is 0 Å². The van der Waals surface area contributed by atoms with Gasteiger partial charge < -0.3 is 0 Å². The fourth-order valence-corrected chi connectivity index (χ4v) is 0.561. The summed E-state index contributed by atoms with van der Waals surface area (Å²) in [5, 5.41) is 0. The van der Waals surface area contributed by atoms with Gasteiger partial charge in [-0.25, -0.2) is 4.98 Å². The zero-order valence-corrected chi connectivity index (χ0v) is 4.31. The second-order valence-electron chi connectivity index (χ2n) is 0.691. The van der Waals surface area contributed by atoms with Crippen LogP contribution in [0.3, 0.4) is 0 Å². The van der Waals surface area contributed by atoms with E-state index in [9.17, 15) is 0 Å². The normalized spacial score (nSPS) is 8.83. The molecule has 0 aromatic carbocycles. The Kier molecular flexibility index (Phi) is 1.08. The Hall–Kier alpha value is -0.0800. The average molecular weight is 118 g/mol. The maximum atomic E-state index is 5.32. The molecule has 1 heterocycles. The lowest BCUT2D eigenvalue weighted by molar-refractivity contribution is 1.39. The number of hydrogen-bond donors (Lipinski definition) is 0. The highest BCUT2D eigenvalue weighted by molar-refractivity contribution is 7.13. The minimum Gasteiger partial charge on any atom is -0.230 e. The molecule has 0 saturated carbocycles. The molecule has 0 atom stereocenters. The van der Waals surface area contributed by atoms with Gasteiger partial charge in [-0.3, -0.25) is 0 Å². The van der Waals surface area contributed by atoms with E-state index in [1.165, 1.54) is 11.3 Å². The highest BCUT2D eigenvalue weighted by Crippen LogP contribution is 2.09. The molecule has 0 aliphatic rings. The van der Waals surface area contributed by atoms with Gasteiger partial charge >= 0.3 is 0 Å². The van der Waals surface area contributed by atoms with Crippen LogP contribution in [0.4, 0.5) is 0 Å². The predicted molar refractivity (Wildman–Crippen MR) is 24.8 cm³/mol. The van der Waals surface area contributed by atoms with Gasteiger partial charge in [0.1, 0.15) is 10.5 Å². The number of nitrogens with zero attached hydrogens (tertiary/aromatic N) is 1. The summed E-state index contributed by atoms with van der Waals surface area (Å²) in [5.74, 6) is 0. The van der Waals surface area contributed by atoms with E-state index in [2.05, 4.69) is 16.7 Å². The zero-order valence-electron chi connectivity index (χ0n) is 2.73. The van der Waals surface area contributed by atoms with Crippen molar-refractivity contribution >= 4 is 22.9 Å². The maximum absolute atomic E-state index is 5.32. The lowest BCUT2D eigenvalue weighted by Gasteiger charge is -1.57. The number of aromatic nitrogens is 1. The number of halogens is 1. The quantitative estimate of drug-likeness (QED) is 0.501. The van der Waals surface area contributed by atoms with Crippen molar-refractivity contribution in [3.63, 3.8) is 0 Å². The summed E-state index contributed by atoms with van der Waals surface area (Å²) < 4.78 is 0.565. The van der Waals surface area contributed by atoms with E-state index < -0.39 is 0 Å². The molecule has 0 spiro atoms. The van der Waals surface area contributed by atoms with E-state index in [0.29, 0.717) is 4.34 Å². The van der Waals surface area contributed by atoms with E-state index in [0.717, 1.165) is 0 Å². The van der Waals surface area contributed by atoms with Crippen LogP contribution in [0.2, 0.25) is 4.34 Å². The standard InChI is InChI=1S/C3ClNS/c4-3-1-5-2-6-3. The SMILES string of the molecule is Clc1[c]n[c]s1. The largest absolute Gasteiger partial charge is 0.230 e. The molecule has 30 valence electrons. The molecule has 1 aromatic rings. The van der Waals surface area contributed by atoms with Gasteiger partial charge in [0.2, 0.25) is 0 Å². The first kappa shape index (κ1) is 4.09. The minimum atomic E-state index is 0.565. The Morgan fingerprint density at radius 1 is 1.83 bits per heavy atom. The van der Waals surface area contributed by atoms with E-state index in [1.807, 2.05) is 0 Å². The molecular formula is C3ClNS. The first-order valence-corrected chi connectivity index (χ1v) is 2.49. The monoisotopic (exact) mass is 117 g/mol. The van der Waals surface area contributed by atoms with Gasteiger partial charge in [0.15, 0.2) is 5.51 Å². The summed E-state index contributed by atoms with van der Waals surface area (Å²) in [4.78, 5) is 3.46. The van der Waals surface area contributed by atoms with Crippen LogP contribution in [0.15, 0.2) is 0 Å². The molecule has 0 amide bonds. The first-order valence-electron chi connectivity index (χ1n) is 1.29. The fourth-order valence-electron chi connectivity index (χ4n) is 0.152. The molecule has 0 fully saturated rings. The van der Waals surface area contributed by atoms with Crippen LogP contribution >= 0.6 is 22.9 Å². The predicted octanol–water partition coefficient (Wildman–Crippen LogP) is 1.40. The zero-order chi connectivity index (χ0) is 4.41. The highest BCUT2D eigenvalue weighted by atomic mass is 35.5. The lowest BCUT2D eigenvalue weighted by Crippen LogP contribution is -1.44. The number of thiazole rings is 1. The van der Waals surface area contributed by atoms with Crippen molar-refractivity contribution in [1.29, 1.82) is 0 Å². The van der Waals surface area contributed by atoms with E-state index in [1.54, 1.807) is 0 Å². The van der Waals surface area contributed by atoms with Crippen molar-refractivity contribution in [2.75, 3.05) is 0 Å². The Morgan fingerprint density at radius 2 is 2.67 bits per heavy atom. The molecule has 0 aliphatic carbocycles.